The molecule has 11 aromatic heterocycles. The minimum absolute atomic E-state index is 0. The molecule has 3 aromatic carbocycles. The average molecular weight is 1800 g/mol. The molecule has 0 radical (unpaired) electrons. The molecular weight excluding hydrogens is 1700 g/mol. The van der Waals surface area contributed by atoms with Crippen LogP contribution in [-0.2, 0) is 82.0 Å². The number of aromatic nitrogens is 18. The Morgan fingerprint density at radius 1 is 0.540 bits per heavy atom. The fourth-order valence-corrected chi connectivity index (χ4v) is 16.4. The number of hydrogen-bond acceptors (Lipinski definition) is 27. The molecule has 14 heterocycles. The van der Waals surface area contributed by atoms with E-state index in [-0.39, 0.29) is 112 Å². The van der Waals surface area contributed by atoms with Crippen LogP contribution in [0.4, 0.5) is 13.2 Å². The largest absolute Gasteiger partial charge is 1.00 e. The number of carboxylic acids is 1. The Labute approximate surface area is 757 Å². The van der Waals surface area contributed by atoms with Crippen molar-refractivity contribution in [2.24, 2.45) is 45.6 Å². The van der Waals surface area contributed by atoms with Crippen LogP contribution in [0.25, 0.3) is 76.7 Å². The number of carbonyl (C=O) groups excluding carboxylic acids is 5. The molecule has 7 N–H and O–H groups in total. The van der Waals surface area contributed by atoms with Crippen molar-refractivity contribution in [2.45, 2.75) is 136 Å². The van der Waals surface area contributed by atoms with Gasteiger partial charge in [-0.3, -0.25) is 37.9 Å². The van der Waals surface area contributed by atoms with E-state index in [0.29, 0.717) is 99.6 Å². The smallest absolute Gasteiger partial charge is 0.543 e. The Morgan fingerprint density at radius 3 is 1.49 bits per heavy atom. The summed E-state index contributed by atoms with van der Waals surface area (Å²) in [6.45, 7) is 14.3. The van der Waals surface area contributed by atoms with Crippen molar-refractivity contribution in [2.75, 3.05) is 19.8 Å². The van der Waals surface area contributed by atoms with Crippen LogP contribution in [0.3, 0.4) is 0 Å². The number of aromatic carboxylic acids is 1. The van der Waals surface area contributed by atoms with Crippen LogP contribution < -0.4 is 46.1 Å². The van der Waals surface area contributed by atoms with Crippen LogP contribution >= 0.6 is 57.8 Å². The van der Waals surface area contributed by atoms with Crippen molar-refractivity contribution < 1.29 is 91.9 Å². The molecule has 0 bridgehead atoms. The molecule has 39 heteroatoms. The molecule has 3 aliphatic rings. The van der Waals surface area contributed by atoms with Crippen molar-refractivity contribution in [3.05, 3.63) is 218 Å². The fourth-order valence-electron chi connectivity index (χ4n) is 13.4. The maximum Gasteiger partial charge on any atom is 1.00 e. The zero-order valence-electron chi connectivity index (χ0n) is 70.4. The van der Waals surface area contributed by atoms with Gasteiger partial charge in [0.1, 0.15) is 92.2 Å². The van der Waals surface area contributed by atoms with Gasteiger partial charge in [0, 0.05) is 147 Å². The minimum Gasteiger partial charge on any atom is -0.543 e. The second kappa shape index (κ2) is 43.9. The fraction of sp³-hybridized carbons (Fsp3) is 0.341. The number of hydrogen-bond donors (Lipinski definition) is 5. The second-order valence-corrected chi connectivity index (χ2v) is 34.0. The molecule has 0 amide bonds. The van der Waals surface area contributed by atoms with E-state index in [0.717, 1.165) is 87.7 Å². The Balaban J connectivity index is 0.000000164. The van der Waals surface area contributed by atoms with E-state index >= 15 is 0 Å². The summed E-state index contributed by atoms with van der Waals surface area (Å²) in [4.78, 5) is 88.0. The quantitative estimate of drug-likeness (QED) is 0.0342. The van der Waals surface area contributed by atoms with Gasteiger partial charge < -0.3 is 55.1 Å². The van der Waals surface area contributed by atoms with Crippen LogP contribution in [0, 0.1) is 30.6 Å². The van der Waals surface area contributed by atoms with Gasteiger partial charge in [0.25, 0.3) is 0 Å². The van der Waals surface area contributed by atoms with Crippen molar-refractivity contribution in [1.82, 2.24) is 87.7 Å². The molecule has 0 aliphatic carbocycles. The Morgan fingerprint density at radius 2 is 1.02 bits per heavy atom. The maximum absolute atomic E-state index is 14.6. The van der Waals surface area contributed by atoms with E-state index in [1.807, 2.05) is 116 Å². The van der Waals surface area contributed by atoms with Crippen LogP contribution in [0.2, 0.25) is 0 Å². The number of benzene rings is 3. The first-order valence-corrected chi connectivity index (χ1v) is 42.3. The monoisotopic (exact) mass is 1800 g/mol. The number of carbonyl (C=O) groups is 5. The van der Waals surface area contributed by atoms with E-state index in [4.69, 9.17) is 31.5 Å². The predicted molar refractivity (Wildman–Crippen MR) is 464 cm³/mol. The summed E-state index contributed by atoms with van der Waals surface area (Å²) in [6.07, 6.45) is 15.0. The zero-order valence-corrected chi connectivity index (χ0v) is 76.5. The number of aliphatic hydroxyl groups excluding tert-OH is 3. The van der Waals surface area contributed by atoms with E-state index < -0.39 is 31.4 Å². The van der Waals surface area contributed by atoms with Gasteiger partial charge in [-0.15, -0.1) is 57.8 Å². The number of ketones is 3. The summed E-state index contributed by atoms with van der Waals surface area (Å²) in [6, 6.07) is 25.5. The number of fused-ring (bicyclic) bond motifs is 3. The first-order chi connectivity index (χ1) is 58.2. The first-order valence-electron chi connectivity index (χ1n) is 38.8. The number of aryl methyl sites for hydroxylation is 6. The number of halogens is 4. The molecule has 648 valence electrons. The van der Waals surface area contributed by atoms with Gasteiger partial charge in [-0.1, -0.05) is 81.4 Å². The standard InChI is InChI=1S/C19H23FN2O2.2C13H14FN3.C13H17N3O2S.3C9H9N3O2S.ClH.Na/c1-19(2,3)24-16(23)12-13-9-10-22-15(11-13)21-17(18(22)20)14-7-5-4-6-8-14;14-10-3-1-9(2-4-10)12-8-17-6-5-11(15)7-13(17)16-12;14-13-12(9-4-2-1-3-5-9)16-11-8-10(15)6-7-17(11)13;1-13(2,3)10-7-19-12(15-10)8-5-14-16(4)11(8)9(18)6-17;1-12-9(8(14)3-13)6(2-11-12)7-4-15-5-10-7;1-5-4-15-8(11-5)6-3-10-12(2)7(6)9(13)14;1-12-8(7(14)5-13)6(4-11-12)9-10-2-3-15-9;;/h4-8,13H,9-12H2,1-3H3;1-4,8,11H,5-7,15H2;1-5,10H,6-8,15H2;5,7,17H,6H2,1-4H3;2,4-5,13H,3H2,1H3;3-4H,1-2H3,(H,13,14);2-4,13H,5H2,1H3;1H;/q;;;;;;;;+1/p-1. The molecule has 0 fully saturated rings. The number of Topliss-reactive ketones (excluding diaryl/α,β-unsaturated/α-hetero) is 3. The summed E-state index contributed by atoms with van der Waals surface area (Å²) < 4.78 is 58.1. The third-order valence-corrected chi connectivity index (χ3v) is 22.7. The van der Waals surface area contributed by atoms with Gasteiger partial charge in [-0.2, -0.15) is 29.2 Å². The van der Waals surface area contributed by atoms with Crippen molar-refractivity contribution in [3.63, 3.8) is 0 Å². The molecular formula is C85H95ClF3N20NaO10S4. The predicted octanol–water partition coefficient (Wildman–Crippen LogP) is 9.00. The van der Waals surface area contributed by atoms with Gasteiger partial charge in [0.2, 0.25) is 29.2 Å². The molecule has 3 atom stereocenters. The molecule has 0 spiro atoms. The van der Waals surface area contributed by atoms with E-state index in [9.17, 15) is 42.3 Å². The summed E-state index contributed by atoms with van der Waals surface area (Å²) >= 11 is 5.76. The molecule has 14 aromatic rings. The van der Waals surface area contributed by atoms with Gasteiger partial charge >= 0.3 is 35.5 Å². The van der Waals surface area contributed by atoms with E-state index in [1.165, 1.54) is 82.4 Å². The molecule has 3 aliphatic heterocycles. The molecule has 3 unspecified atom stereocenters. The van der Waals surface area contributed by atoms with Crippen LogP contribution in [-0.4, -0.2) is 170 Å². The Hall–Kier alpha value is -10.5. The molecule has 0 saturated heterocycles. The van der Waals surface area contributed by atoms with Gasteiger partial charge in [-0.05, 0) is 77.1 Å². The topological polar surface area (TPSA) is 407 Å². The summed E-state index contributed by atoms with van der Waals surface area (Å²) in [5.41, 5.74) is 23.6. The van der Waals surface area contributed by atoms with Crippen LogP contribution in [0.5, 0.6) is 0 Å². The number of esters is 1. The second-order valence-electron chi connectivity index (χ2n) is 30.7. The third kappa shape index (κ3) is 24.5. The third-order valence-electron chi connectivity index (χ3n) is 19.4. The number of nitrogens with two attached hydrogens (primary N) is 2. The normalized spacial score (nSPS) is 14.2. The maximum atomic E-state index is 14.6. The summed E-state index contributed by atoms with van der Waals surface area (Å²) in [7, 11) is 6.58. The number of carboxylic acid groups (broad SMARTS) is 1. The number of imidazole rings is 3. The number of thiazole rings is 4. The van der Waals surface area contributed by atoms with Crippen molar-refractivity contribution in [3.8, 4) is 76.7 Å². The first kappa shape index (κ1) is 97.3. The van der Waals surface area contributed by atoms with Gasteiger partial charge in [0.05, 0.1) is 81.3 Å². The molecule has 124 heavy (non-hydrogen) atoms. The van der Waals surface area contributed by atoms with Gasteiger partial charge in [0.15, 0.2) is 0 Å². The Kier molecular flexibility index (Phi) is 34.4. The SMILES string of the molecule is CC(C)(C)OC(=O)CC1CCn2c(nc(-c3ccccc3)c2F)C1.Cc1csc(-c2cnn(C)c2C(=O)[O-])n1.Cl.Cn1ncc(-c2cscn2)c1C(=O)CO.Cn1ncc(-c2nc(C(C)(C)C)cs2)c1C(=O)CO.Cn1ncc(-c2nccs2)c1C(=O)CO.NC1CCn2c(nc(-c3ccccc3)c2F)C1.NC1CCn2cc(-c3ccc(F)cc3)nc2C1.[Na+]. The summed E-state index contributed by atoms with van der Waals surface area (Å²) in [5, 5.41) is 63.2. The van der Waals surface area contributed by atoms with Crippen molar-refractivity contribution >= 4 is 87.0 Å². The minimum atomic E-state index is -1.24. The molecule has 30 nitrogen and oxygen atoms in total. The number of aliphatic hydroxyl groups is 3. The van der Waals surface area contributed by atoms with Gasteiger partial charge in [-0.25, -0.2) is 39.3 Å². The van der Waals surface area contributed by atoms with Crippen LogP contribution in [0.1, 0.15) is 138 Å². The van der Waals surface area contributed by atoms with E-state index in [2.05, 4.69) is 80.6 Å². The zero-order chi connectivity index (χ0) is 87.9. The number of ether oxygens (including phenoxy) is 1. The average Bonchev–Trinajstić information content (AvgIpc) is 1.65. The molecule has 17 rings (SSSR count). The van der Waals surface area contributed by atoms with Crippen molar-refractivity contribution in [1.29, 1.82) is 0 Å². The Bertz CT molecular complexity index is 5800. The summed E-state index contributed by atoms with van der Waals surface area (Å²) in [5.74, 6) is -0.563. The van der Waals surface area contributed by atoms with Crippen LogP contribution in [0.15, 0.2) is 149 Å². The molecule has 0 saturated carbocycles. The number of rotatable bonds is 16. The number of nitrogens with zero attached hydrogens (tertiary/aromatic N) is 18. The van der Waals surface area contributed by atoms with E-state index in [1.54, 1.807) is 79.8 Å².